The summed E-state index contributed by atoms with van der Waals surface area (Å²) >= 11 is 0. The van der Waals surface area contributed by atoms with Crippen molar-refractivity contribution in [1.29, 1.82) is 0 Å². The molecule has 0 unspecified atom stereocenters. The molecule has 1 aliphatic heterocycles. The summed E-state index contributed by atoms with van der Waals surface area (Å²) in [4.78, 5) is 13.3. The van der Waals surface area contributed by atoms with Crippen LogP contribution in [0.5, 0.6) is 0 Å². The van der Waals surface area contributed by atoms with Crippen molar-refractivity contribution in [3.63, 3.8) is 0 Å². The third kappa shape index (κ3) is 4.83. The van der Waals surface area contributed by atoms with E-state index >= 15 is 0 Å². The van der Waals surface area contributed by atoms with Crippen LogP contribution in [0, 0.1) is 0 Å². The molecule has 4 nitrogen and oxygen atoms in total. The first-order chi connectivity index (χ1) is 7.34. The second kappa shape index (κ2) is 7.29. The van der Waals surface area contributed by atoms with Gasteiger partial charge in [0.25, 0.3) is 0 Å². The molecule has 1 saturated heterocycles. The van der Waals surface area contributed by atoms with Crippen LogP contribution in [0.15, 0.2) is 12.7 Å². The smallest absolute Gasteiger partial charge is 0.317 e. The summed E-state index contributed by atoms with van der Waals surface area (Å²) in [5, 5.41) is 2.84. The second-order valence-corrected chi connectivity index (χ2v) is 3.62. The molecule has 1 fully saturated rings. The fourth-order valence-corrected chi connectivity index (χ4v) is 1.53. The van der Waals surface area contributed by atoms with E-state index < -0.39 is 0 Å². The summed E-state index contributed by atoms with van der Waals surface area (Å²) in [6.45, 7) is 7.24. The van der Waals surface area contributed by atoms with Crippen LogP contribution in [0.2, 0.25) is 0 Å². The lowest BCUT2D eigenvalue weighted by atomic mass is 10.4. The van der Waals surface area contributed by atoms with Crippen molar-refractivity contribution < 1.29 is 9.53 Å². The normalized spacial score (nSPS) is 15.3. The molecule has 4 heteroatoms. The number of nitrogens with one attached hydrogen (secondary N) is 1. The highest BCUT2D eigenvalue weighted by Crippen LogP contribution is 2.06. The number of nitrogens with zero attached hydrogens (tertiary/aromatic N) is 1. The lowest BCUT2D eigenvalue weighted by Gasteiger charge is -2.15. The Hall–Kier alpha value is -1.03. The molecule has 0 spiro atoms. The van der Waals surface area contributed by atoms with Crippen LogP contribution < -0.4 is 5.32 Å². The van der Waals surface area contributed by atoms with E-state index in [2.05, 4.69) is 11.9 Å². The van der Waals surface area contributed by atoms with Gasteiger partial charge >= 0.3 is 6.03 Å². The van der Waals surface area contributed by atoms with Gasteiger partial charge in [0.15, 0.2) is 0 Å². The van der Waals surface area contributed by atoms with Crippen molar-refractivity contribution in [2.45, 2.75) is 19.3 Å². The summed E-state index contributed by atoms with van der Waals surface area (Å²) in [5.74, 6) is 0. The zero-order valence-electron chi connectivity index (χ0n) is 9.21. The topological polar surface area (TPSA) is 41.6 Å². The quantitative estimate of drug-likeness (QED) is 0.534. The Bertz CT molecular complexity index is 201. The van der Waals surface area contributed by atoms with E-state index in [1.807, 2.05) is 11.0 Å². The van der Waals surface area contributed by atoms with E-state index in [1.54, 1.807) is 0 Å². The average molecular weight is 212 g/mol. The Labute approximate surface area is 91.3 Å². The van der Waals surface area contributed by atoms with Crippen LogP contribution >= 0.6 is 0 Å². The van der Waals surface area contributed by atoms with Gasteiger partial charge in [-0.2, -0.15) is 0 Å². The number of rotatable bonds is 6. The monoisotopic (exact) mass is 212 g/mol. The van der Waals surface area contributed by atoms with E-state index in [0.29, 0.717) is 19.8 Å². The van der Waals surface area contributed by atoms with Crippen LogP contribution in [0.4, 0.5) is 4.79 Å². The Morgan fingerprint density at radius 3 is 2.80 bits per heavy atom. The van der Waals surface area contributed by atoms with E-state index in [-0.39, 0.29) is 6.03 Å². The van der Waals surface area contributed by atoms with E-state index in [0.717, 1.165) is 32.4 Å². The van der Waals surface area contributed by atoms with Gasteiger partial charge in [0.1, 0.15) is 0 Å². The molecule has 1 rings (SSSR count). The lowest BCUT2D eigenvalue weighted by Crippen LogP contribution is -2.39. The SMILES string of the molecule is C=CCCOCCNC(=O)N1CCCC1. The molecular weight excluding hydrogens is 192 g/mol. The number of hydrogen-bond donors (Lipinski definition) is 1. The van der Waals surface area contributed by atoms with Crippen molar-refractivity contribution >= 4 is 6.03 Å². The van der Waals surface area contributed by atoms with Crippen molar-refractivity contribution in [2.75, 3.05) is 32.8 Å². The van der Waals surface area contributed by atoms with Gasteiger partial charge in [-0.3, -0.25) is 0 Å². The van der Waals surface area contributed by atoms with Gasteiger partial charge in [-0.25, -0.2) is 4.79 Å². The number of carbonyl (C=O) groups excluding carboxylic acids is 1. The summed E-state index contributed by atoms with van der Waals surface area (Å²) in [7, 11) is 0. The van der Waals surface area contributed by atoms with Gasteiger partial charge in [0.05, 0.1) is 13.2 Å². The van der Waals surface area contributed by atoms with Crippen LogP contribution in [-0.4, -0.2) is 43.8 Å². The molecule has 0 atom stereocenters. The van der Waals surface area contributed by atoms with Gasteiger partial charge in [0, 0.05) is 19.6 Å². The third-order valence-corrected chi connectivity index (χ3v) is 2.38. The zero-order chi connectivity index (χ0) is 10.9. The molecule has 0 radical (unpaired) electrons. The number of ether oxygens (including phenoxy) is 1. The maximum atomic E-state index is 11.5. The first-order valence-corrected chi connectivity index (χ1v) is 5.56. The molecule has 0 bridgehead atoms. The van der Waals surface area contributed by atoms with Gasteiger partial charge in [-0.1, -0.05) is 6.08 Å². The van der Waals surface area contributed by atoms with Crippen LogP contribution in [0.1, 0.15) is 19.3 Å². The van der Waals surface area contributed by atoms with E-state index in [4.69, 9.17) is 4.74 Å². The highest BCUT2D eigenvalue weighted by molar-refractivity contribution is 5.74. The molecule has 1 N–H and O–H groups in total. The number of likely N-dealkylation sites (tertiary alicyclic amines) is 1. The van der Waals surface area contributed by atoms with E-state index in [1.165, 1.54) is 0 Å². The molecule has 0 aromatic carbocycles. The molecule has 0 aromatic heterocycles. The van der Waals surface area contributed by atoms with Gasteiger partial charge < -0.3 is 15.0 Å². The molecule has 1 heterocycles. The predicted octanol–water partition coefficient (Wildman–Crippen LogP) is 1.38. The summed E-state index contributed by atoms with van der Waals surface area (Å²) < 4.78 is 5.28. The lowest BCUT2D eigenvalue weighted by molar-refractivity contribution is 0.138. The number of hydrogen-bond acceptors (Lipinski definition) is 2. The summed E-state index contributed by atoms with van der Waals surface area (Å²) in [5.41, 5.74) is 0. The highest BCUT2D eigenvalue weighted by Gasteiger charge is 2.16. The zero-order valence-corrected chi connectivity index (χ0v) is 9.21. The van der Waals surface area contributed by atoms with Crippen LogP contribution in [0.25, 0.3) is 0 Å². The van der Waals surface area contributed by atoms with Crippen molar-refractivity contribution in [2.24, 2.45) is 0 Å². The van der Waals surface area contributed by atoms with Gasteiger partial charge in [-0.05, 0) is 19.3 Å². The predicted molar refractivity (Wildman–Crippen MR) is 59.8 cm³/mol. The Morgan fingerprint density at radius 2 is 2.13 bits per heavy atom. The first kappa shape index (κ1) is 12.0. The fraction of sp³-hybridized carbons (Fsp3) is 0.727. The summed E-state index contributed by atoms with van der Waals surface area (Å²) in [6.07, 6.45) is 4.94. The molecule has 86 valence electrons. The minimum atomic E-state index is 0.0415. The molecular formula is C11H20N2O2. The van der Waals surface area contributed by atoms with Crippen LogP contribution in [-0.2, 0) is 4.74 Å². The maximum absolute atomic E-state index is 11.5. The number of urea groups is 1. The van der Waals surface area contributed by atoms with Crippen molar-refractivity contribution in [3.8, 4) is 0 Å². The average Bonchev–Trinajstić information content (AvgIpc) is 2.76. The van der Waals surface area contributed by atoms with Crippen LogP contribution in [0.3, 0.4) is 0 Å². The van der Waals surface area contributed by atoms with Crippen molar-refractivity contribution in [1.82, 2.24) is 10.2 Å². The largest absolute Gasteiger partial charge is 0.379 e. The Morgan fingerprint density at radius 1 is 1.40 bits per heavy atom. The minimum absolute atomic E-state index is 0.0415. The second-order valence-electron chi connectivity index (χ2n) is 3.62. The molecule has 0 aliphatic carbocycles. The third-order valence-electron chi connectivity index (χ3n) is 2.38. The summed E-state index contributed by atoms with van der Waals surface area (Å²) in [6, 6.07) is 0.0415. The Balaban J connectivity index is 1.94. The molecule has 0 aromatic rings. The Kier molecular flexibility index (Phi) is 5.85. The maximum Gasteiger partial charge on any atom is 0.317 e. The standard InChI is InChI=1S/C11H20N2O2/c1-2-3-9-15-10-6-12-11(14)13-7-4-5-8-13/h2H,1,3-10H2,(H,12,14). The fourth-order valence-electron chi connectivity index (χ4n) is 1.53. The first-order valence-electron chi connectivity index (χ1n) is 5.56. The van der Waals surface area contributed by atoms with Gasteiger partial charge in [-0.15, -0.1) is 6.58 Å². The van der Waals surface area contributed by atoms with Crippen molar-refractivity contribution in [3.05, 3.63) is 12.7 Å². The minimum Gasteiger partial charge on any atom is -0.379 e. The van der Waals surface area contributed by atoms with E-state index in [9.17, 15) is 4.79 Å². The molecule has 2 amide bonds. The molecule has 15 heavy (non-hydrogen) atoms. The molecule has 1 aliphatic rings. The molecule has 0 saturated carbocycles. The van der Waals surface area contributed by atoms with Gasteiger partial charge in [0.2, 0.25) is 0 Å². The number of carbonyl (C=O) groups is 1. The highest BCUT2D eigenvalue weighted by atomic mass is 16.5. The number of amides is 2.